The number of rotatable bonds is 4. The molecule has 6 saturated heterocycles. The standard InChI is InChI=1S/C51H82O10Si/c1-29-22-38-17-20-42-30(2)23-37(55-42)16-14-35(52)15-19-44(61-62(12,13)50(7,8)9)49-33(5)32(4)48-43(59-49)21-18-39(57-48)24-36(53)25-41-34(6)45(26-40-28-54-51(10,11)60-40)58-47(41)27-46(56-38)31(29)3/h15,19,29,32-34,37-49H,2-3,14,16-18,20-28H2,1,4-13H3/b19-15+/t29-,32-,33+,34-,37+,38+,39-,40+,41-,42+,43+,44+,45-,46-,47+,48-,49-/m1/s1. The van der Waals surface area contributed by atoms with E-state index >= 15 is 0 Å². The second-order valence-corrected chi connectivity index (χ2v) is 27.4. The van der Waals surface area contributed by atoms with E-state index < -0.39 is 14.1 Å². The number of hydrogen-bond donors (Lipinski definition) is 0. The minimum Gasteiger partial charge on any atom is -0.408 e. The molecule has 9 rings (SSSR count). The average Bonchev–Trinajstić information content (AvgIpc) is 3.83. The summed E-state index contributed by atoms with van der Waals surface area (Å²) in [5.41, 5.74) is 2.21. The molecule has 0 unspecified atom stereocenters. The molecule has 0 aliphatic carbocycles. The maximum atomic E-state index is 14.3. The summed E-state index contributed by atoms with van der Waals surface area (Å²) in [5, 5.41) is -0.0161. The Morgan fingerprint density at radius 2 is 1.47 bits per heavy atom. The van der Waals surface area contributed by atoms with Crippen LogP contribution >= 0.6 is 0 Å². The first-order chi connectivity index (χ1) is 29.1. The van der Waals surface area contributed by atoms with Gasteiger partial charge in [-0.1, -0.05) is 67.7 Å². The fourth-order valence-electron chi connectivity index (χ4n) is 11.3. The van der Waals surface area contributed by atoms with E-state index in [4.69, 9.17) is 37.6 Å². The van der Waals surface area contributed by atoms with Crippen LogP contribution in [0.1, 0.15) is 139 Å². The summed E-state index contributed by atoms with van der Waals surface area (Å²) >= 11 is 0. The van der Waals surface area contributed by atoms with Crippen molar-refractivity contribution in [2.24, 2.45) is 29.6 Å². The largest absolute Gasteiger partial charge is 0.408 e. The molecule has 0 spiro atoms. The van der Waals surface area contributed by atoms with Crippen LogP contribution in [-0.4, -0.2) is 106 Å². The van der Waals surface area contributed by atoms with Gasteiger partial charge in [0.1, 0.15) is 5.78 Å². The molecule has 62 heavy (non-hydrogen) atoms. The Morgan fingerprint density at radius 3 is 2.18 bits per heavy atom. The highest BCUT2D eigenvalue weighted by atomic mass is 28.4. The molecular formula is C51H82O10Si. The van der Waals surface area contributed by atoms with Gasteiger partial charge in [0.15, 0.2) is 19.9 Å². The maximum Gasteiger partial charge on any atom is 0.193 e. The predicted octanol–water partition coefficient (Wildman–Crippen LogP) is 10.0. The average molecular weight is 883 g/mol. The highest BCUT2D eigenvalue weighted by Crippen LogP contribution is 2.46. The first-order valence-corrected chi connectivity index (χ1v) is 27.3. The van der Waals surface area contributed by atoms with Crippen LogP contribution < -0.4 is 0 Å². The normalized spacial score (nSPS) is 44.5. The van der Waals surface area contributed by atoms with Crippen molar-refractivity contribution in [1.29, 1.82) is 0 Å². The summed E-state index contributed by atoms with van der Waals surface area (Å²) in [6.45, 7) is 33.7. The summed E-state index contributed by atoms with van der Waals surface area (Å²) in [7, 11) is -2.25. The number of hydrogen-bond acceptors (Lipinski definition) is 10. The smallest absolute Gasteiger partial charge is 0.193 e. The molecule has 0 aromatic heterocycles. The van der Waals surface area contributed by atoms with Gasteiger partial charge in [0.2, 0.25) is 0 Å². The number of ketones is 2. The predicted molar refractivity (Wildman–Crippen MR) is 243 cm³/mol. The lowest BCUT2D eigenvalue weighted by atomic mass is 9.76. The molecule has 11 heteroatoms. The molecule has 0 aromatic rings. The molecule has 6 fully saturated rings. The van der Waals surface area contributed by atoms with Crippen LogP contribution in [0, 0.1) is 29.6 Å². The van der Waals surface area contributed by atoms with E-state index in [1.807, 2.05) is 19.9 Å². The zero-order valence-corrected chi connectivity index (χ0v) is 41.2. The second kappa shape index (κ2) is 19.4. The summed E-state index contributed by atoms with van der Waals surface area (Å²) in [4.78, 5) is 27.8. The third-order valence-electron chi connectivity index (χ3n) is 16.5. The summed E-state index contributed by atoms with van der Waals surface area (Å²) in [6, 6.07) is 0. The number of Topliss-reactive ketones (excluding diaryl/α,β-unsaturated/α-hetero) is 1. The van der Waals surface area contributed by atoms with Crippen LogP contribution in [0.3, 0.4) is 0 Å². The molecule has 9 heterocycles. The molecule has 0 aromatic carbocycles. The van der Waals surface area contributed by atoms with Gasteiger partial charge in [0, 0.05) is 32.1 Å². The van der Waals surface area contributed by atoms with Crippen molar-refractivity contribution in [3.05, 3.63) is 36.5 Å². The van der Waals surface area contributed by atoms with E-state index in [1.54, 1.807) is 6.08 Å². The van der Waals surface area contributed by atoms with Crippen molar-refractivity contribution in [2.75, 3.05) is 6.61 Å². The summed E-state index contributed by atoms with van der Waals surface area (Å²) < 4.78 is 53.7. The van der Waals surface area contributed by atoms with Gasteiger partial charge < -0.3 is 37.6 Å². The fraction of sp³-hybridized carbons (Fsp3) is 0.843. The number of carbonyl (C=O) groups is 2. The van der Waals surface area contributed by atoms with Gasteiger partial charge >= 0.3 is 0 Å². The van der Waals surface area contributed by atoms with Gasteiger partial charge in [0.25, 0.3) is 0 Å². The van der Waals surface area contributed by atoms with E-state index in [0.29, 0.717) is 44.6 Å². The first kappa shape index (κ1) is 48.4. The SMILES string of the molecule is C=C1C[C@@H]2CCC(=O)/C=C/[C@H](O[Si](C)(C)C(C)(C)C)[C@@H]3O[C@H]4CC[C@H](CC(=O)C[C@@H]5[C@@H](C)[C@@H](C[C@H]6COC(C)(C)O6)O[C@H]5C[C@H]5O[C@@H](CC[C@@H]1O2)C[C@@H](C)C5=C)O[C@@H]4[C@H](C)[C@@H]3C. The summed E-state index contributed by atoms with van der Waals surface area (Å²) in [6.07, 6.45) is 10.5. The molecule has 0 radical (unpaired) electrons. The van der Waals surface area contributed by atoms with E-state index in [2.05, 4.69) is 74.7 Å². The Hall–Kier alpha value is -1.54. The van der Waals surface area contributed by atoms with E-state index in [-0.39, 0.29) is 114 Å². The second-order valence-electron chi connectivity index (χ2n) is 22.6. The molecule has 10 nitrogen and oxygen atoms in total. The van der Waals surface area contributed by atoms with Gasteiger partial charge in [-0.2, -0.15) is 0 Å². The number of carbonyl (C=O) groups excluding carboxylic acids is 2. The van der Waals surface area contributed by atoms with Gasteiger partial charge in [-0.05, 0) is 124 Å². The highest BCUT2D eigenvalue weighted by molar-refractivity contribution is 6.74. The maximum absolute atomic E-state index is 14.3. The highest BCUT2D eigenvalue weighted by Gasteiger charge is 2.51. The minimum absolute atomic E-state index is 0.0161. The van der Waals surface area contributed by atoms with Crippen LogP contribution in [-0.2, 0) is 47.2 Å². The van der Waals surface area contributed by atoms with E-state index in [0.717, 1.165) is 56.1 Å². The van der Waals surface area contributed by atoms with E-state index in [9.17, 15) is 9.59 Å². The van der Waals surface area contributed by atoms with Crippen molar-refractivity contribution in [1.82, 2.24) is 0 Å². The molecule has 17 atom stereocenters. The lowest BCUT2D eigenvalue weighted by molar-refractivity contribution is -0.237. The van der Waals surface area contributed by atoms with Gasteiger partial charge in [-0.3, -0.25) is 9.59 Å². The molecule has 8 bridgehead atoms. The van der Waals surface area contributed by atoms with Crippen LogP contribution in [0.5, 0.6) is 0 Å². The van der Waals surface area contributed by atoms with E-state index in [1.165, 1.54) is 0 Å². The minimum atomic E-state index is -2.25. The molecule has 350 valence electrons. The Balaban J connectivity index is 1.13. The van der Waals surface area contributed by atoms with Crippen LogP contribution in [0.4, 0.5) is 0 Å². The third-order valence-corrected chi connectivity index (χ3v) is 21.0. The Bertz CT molecular complexity index is 1650. The molecule has 0 saturated carbocycles. The zero-order chi connectivity index (χ0) is 44.9. The zero-order valence-electron chi connectivity index (χ0n) is 40.2. The number of fused-ring (bicyclic) bond motifs is 2. The molecule has 9 aliphatic rings. The van der Waals surface area contributed by atoms with Crippen LogP contribution in [0.2, 0.25) is 18.1 Å². The van der Waals surface area contributed by atoms with Crippen molar-refractivity contribution >= 4 is 19.9 Å². The summed E-state index contributed by atoms with van der Waals surface area (Å²) in [5.74, 6) is 0.439. The number of ether oxygens (including phenoxy) is 7. The monoisotopic (exact) mass is 883 g/mol. The fourth-order valence-corrected chi connectivity index (χ4v) is 12.6. The lowest BCUT2D eigenvalue weighted by Crippen LogP contribution is -2.58. The third kappa shape index (κ3) is 11.2. The Labute approximate surface area is 375 Å². The van der Waals surface area contributed by atoms with Crippen molar-refractivity contribution in [3.63, 3.8) is 0 Å². The Morgan fingerprint density at radius 1 is 0.774 bits per heavy atom. The number of allylic oxidation sites excluding steroid dienone is 1. The molecule has 9 aliphatic heterocycles. The van der Waals surface area contributed by atoms with Crippen LogP contribution in [0.25, 0.3) is 0 Å². The quantitative estimate of drug-likeness (QED) is 0.200. The van der Waals surface area contributed by atoms with Crippen molar-refractivity contribution in [3.8, 4) is 0 Å². The topological polar surface area (TPSA) is 108 Å². The molecule has 0 amide bonds. The lowest BCUT2D eigenvalue weighted by Gasteiger charge is -2.51. The van der Waals surface area contributed by atoms with Gasteiger partial charge in [-0.25, -0.2) is 0 Å². The van der Waals surface area contributed by atoms with Crippen molar-refractivity contribution < 1.29 is 47.2 Å². The first-order valence-electron chi connectivity index (χ1n) is 24.4. The Kier molecular flexibility index (Phi) is 15.1. The molecular weight excluding hydrogens is 801 g/mol. The van der Waals surface area contributed by atoms with Crippen molar-refractivity contribution in [2.45, 2.75) is 237 Å². The molecule has 0 N–H and O–H groups in total. The van der Waals surface area contributed by atoms with Gasteiger partial charge in [-0.15, -0.1) is 0 Å². The van der Waals surface area contributed by atoms with Gasteiger partial charge in [0.05, 0.1) is 79.9 Å². The van der Waals surface area contributed by atoms with Crippen LogP contribution in [0.15, 0.2) is 36.5 Å².